The van der Waals surface area contributed by atoms with Crippen LogP contribution in [0.1, 0.15) is 19.3 Å². The molecule has 2 N–H and O–H groups in total. The smallest absolute Gasteiger partial charge is 0.151 e. The topological polar surface area (TPSA) is 58.2 Å². The van der Waals surface area contributed by atoms with Gasteiger partial charge in [-0.05, 0) is 25.8 Å². The molecule has 2 heterocycles. The average Bonchev–Trinajstić information content (AvgIpc) is 2.70. The van der Waals surface area contributed by atoms with Gasteiger partial charge in [0.15, 0.2) is 9.84 Å². The highest BCUT2D eigenvalue weighted by molar-refractivity contribution is 7.91. The summed E-state index contributed by atoms with van der Waals surface area (Å²) in [7, 11) is -2.72. The summed E-state index contributed by atoms with van der Waals surface area (Å²) in [4.78, 5) is 0. The van der Waals surface area contributed by atoms with E-state index in [1.807, 2.05) is 0 Å². The van der Waals surface area contributed by atoms with Crippen LogP contribution in [0.15, 0.2) is 0 Å². The van der Waals surface area contributed by atoms with Crippen LogP contribution in [-0.2, 0) is 9.84 Å². The fourth-order valence-corrected chi connectivity index (χ4v) is 3.90. The Labute approximate surface area is 85.4 Å². The van der Waals surface area contributed by atoms with Crippen LogP contribution in [0.4, 0.5) is 0 Å². The van der Waals surface area contributed by atoms with E-state index in [0.29, 0.717) is 17.5 Å². The fraction of sp³-hybridized carbons (Fsp3) is 1.00. The van der Waals surface area contributed by atoms with E-state index in [-0.39, 0.29) is 6.04 Å². The number of hydrogen-bond acceptors (Lipinski definition) is 4. The highest BCUT2D eigenvalue weighted by Gasteiger charge is 2.28. The van der Waals surface area contributed by atoms with Crippen molar-refractivity contribution in [1.29, 1.82) is 0 Å². The normalized spacial score (nSPS) is 36.3. The Morgan fingerprint density at radius 3 is 2.79 bits per heavy atom. The lowest BCUT2D eigenvalue weighted by atomic mass is 10.2. The van der Waals surface area contributed by atoms with Crippen LogP contribution in [0.2, 0.25) is 0 Å². The van der Waals surface area contributed by atoms with E-state index in [0.717, 1.165) is 19.5 Å². The molecule has 2 unspecified atom stereocenters. The van der Waals surface area contributed by atoms with Gasteiger partial charge in [-0.25, -0.2) is 8.42 Å². The Bertz CT molecular complexity index is 283. The Hall–Kier alpha value is -0.130. The first kappa shape index (κ1) is 10.4. The number of hydrogen-bond donors (Lipinski definition) is 2. The molecule has 14 heavy (non-hydrogen) atoms. The summed E-state index contributed by atoms with van der Waals surface area (Å²) >= 11 is 0. The predicted molar refractivity (Wildman–Crippen MR) is 56.1 cm³/mol. The van der Waals surface area contributed by atoms with Gasteiger partial charge in [0.05, 0.1) is 11.5 Å². The largest absolute Gasteiger partial charge is 0.313 e. The second-order valence-corrected chi connectivity index (χ2v) is 6.53. The van der Waals surface area contributed by atoms with Gasteiger partial charge in [-0.3, -0.25) is 0 Å². The van der Waals surface area contributed by atoms with Gasteiger partial charge < -0.3 is 10.6 Å². The molecular weight excluding hydrogens is 200 g/mol. The molecule has 0 aliphatic carbocycles. The minimum Gasteiger partial charge on any atom is -0.313 e. The van der Waals surface area contributed by atoms with E-state index in [1.165, 1.54) is 12.8 Å². The molecule has 2 aliphatic heterocycles. The fourth-order valence-electron chi connectivity index (χ4n) is 2.20. The molecule has 0 radical (unpaired) electrons. The molecule has 2 atom stereocenters. The summed E-state index contributed by atoms with van der Waals surface area (Å²) in [5, 5.41) is 6.73. The molecule has 0 saturated carbocycles. The van der Waals surface area contributed by atoms with Crippen molar-refractivity contribution in [2.45, 2.75) is 31.3 Å². The van der Waals surface area contributed by atoms with Crippen LogP contribution in [-0.4, -0.2) is 45.1 Å². The summed E-state index contributed by atoms with van der Waals surface area (Å²) in [6, 6.07) is 0.751. The zero-order valence-corrected chi connectivity index (χ0v) is 9.15. The maximum atomic E-state index is 11.2. The zero-order valence-electron chi connectivity index (χ0n) is 8.33. The first-order chi connectivity index (χ1) is 6.66. The van der Waals surface area contributed by atoms with Crippen LogP contribution in [0, 0.1) is 0 Å². The van der Waals surface area contributed by atoms with E-state index < -0.39 is 9.84 Å². The first-order valence-corrected chi connectivity index (χ1v) is 7.15. The minimum atomic E-state index is -2.72. The zero-order chi connectivity index (χ0) is 10.0. The van der Waals surface area contributed by atoms with E-state index in [1.54, 1.807) is 0 Å². The molecule has 0 aromatic rings. The molecule has 5 heteroatoms. The number of sulfone groups is 1. The van der Waals surface area contributed by atoms with Gasteiger partial charge in [-0.1, -0.05) is 0 Å². The molecule has 0 aromatic carbocycles. The van der Waals surface area contributed by atoms with Gasteiger partial charge in [-0.2, -0.15) is 0 Å². The summed E-state index contributed by atoms with van der Waals surface area (Å²) in [6.45, 7) is 2.02. The Kier molecular flexibility index (Phi) is 3.09. The lowest BCUT2D eigenvalue weighted by Crippen LogP contribution is -2.40. The van der Waals surface area contributed by atoms with E-state index in [2.05, 4.69) is 10.6 Å². The Morgan fingerprint density at radius 1 is 1.36 bits per heavy atom. The van der Waals surface area contributed by atoms with E-state index in [9.17, 15) is 8.42 Å². The van der Waals surface area contributed by atoms with Crippen molar-refractivity contribution in [3.05, 3.63) is 0 Å². The van der Waals surface area contributed by atoms with Crippen LogP contribution in [0.5, 0.6) is 0 Å². The summed E-state index contributed by atoms with van der Waals surface area (Å²) < 4.78 is 22.4. The van der Waals surface area contributed by atoms with E-state index in [4.69, 9.17) is 0 Å². The van der Waals surface area contributed by atoms with Gasteiger partial charge in [0.25, 0.3) is 0 Å². The number of rotatable bonds is 3. The van der Waals surface area contributed by atoms with E-state index >= 15 is 0 Å². The van der Waals surface area contributed by atoms with Crippen LogP contribution in [0.3, 0.4) is 0 Å². The SMILES string of the molecule is O=S1(=O)CCC(NCC2CCCN2)C1. The summed E-state index contributed by atoms with van der Waals surface area (Å²) in [6.07, 6.45) is 3.25. The highest BCUT2D eigenvalue weighted by Crippen LogP contribution is 2.12. The third-order valence-electron chi connectivity index (χ3n) is 3.05. The Balaban J connectivity index is 1.71. The maximum Gasteiger partial charge on any atom is 0.151 e. The molecule has 2 aliphatic rings. The van der Waals surface area contributed by atoms with Crippen LogP contribution >= 0.6 is 0 Å². The van der Waals surface area contributed by atoms with Gasteiger partial charge in [-0.15, -0.1) is 0 Å². The average molecular weight is 218 g/mol. The van der Waals surface area contributed by atoms with Crippen molar-refractivity contribution in [2.75, 3.05) is 24.6 Å². The molecule has 0 amide bonds. The third kappa shape index (κ3) is 2.68. The summed E-state index contributed by atoms with van der Waals surface area (Å²) in [5.74, 6) is 0.697. The van der Waals surface area contributed by atoms with Crippen LogP contribution in [0.25, 0.3) is 0 Å². The van der Waals surface area contributed by atoms with Gasteiger partial charge in [0.2, 0.25) is 0 Å². The van der Waals surface area contributed by atoms with Gasteiger partial charge >= 0.3 is 0 Å². The highest BCUT2D eigenvalue weighted by atomic mass is 32.2. The van der Waals surface area contributed by atoms with Crippen molar-refractivity contribution in [3.63, 3.8) is 0 Å². The van der Waals surface area contributed by atoms with Gasteiger partial charge in [0.1, 0.15) is 0 Å². The molecule has 2 rings (SSSR count). The Morgan fingerprint density at radius 2 is 2.21 bits per heavy atom. The lowest BCUT2D eigenvalue weighted by molar-refractivity contribution is 0.483. The standard InChI is InChI=1S/C9H18N2O2S/c12-14(13)5-3-9(7-14)11-6-8-2-1-4-10-8/h8-11H,1-7H2. The number of nitrogens with one attached hydrogen (secondary N) is 2. The molecule has 0 spiro atoms. The van der Waals surface area contributed by atoms with Crippen molar-refractivity contribution in [1.82, 2.24) is 10.6 Å². The molecule has 82 valence electrons. The van der Waals surface area contributed by atoms with Gasteiger partial charge in [0, 0.05) is 18.6 Å². The second kappa shape index (κ2) is 4.16. The lowest BCUT2D eigenvalue weighted by Gasteiger charge is -2.15. The van der Waals surface area contributed by atoms with Crippen molar-refractivity contribution >= 4 is 9.84 Å². The third-order valence-corrected chi connectivity index (χ3v) is 4.82. The molecule has 2 saturated heterocycles. The quantitative estimate of drug-likeness (QED) is 0.671. The van der Waals surface area contributed by atoms with Crippen LogP contribution < -0.4 is 10.6 Å². The van der Waals surface area contributed by atoms with Crippen molar-refractivity contribution in [3.8, 4) is 0 Å². The van der Waals surface area contributed by atoms with Crippen molar-refractivity contribution in [2.24, 2.45) is 0 Å². The molecular formula is C9H18N2O2S. The second-order valence-electron chi connectivity index (χ2n) is 4.30. The molecule has 0 bridgehead atoms. The molecule has 2 fully saturated rings. The molecule has 0 aromatic heterocycles. The first-order valence-electron chi connectivity index (χ1n) is 5.33. The van der Waals surface area contributed by atoms with Crippen molar-refractivity contribution < 1.29 is 8.42 Å². The maximum absolute atomic E-state index is 11.2. The monoisotopic (exact) mass is 218 g/mol. The minimum absolute atomic E-state index is 0.197. The summed E-state index contributed by atoms with van der Waals surface area (Å²) in [5.41, 5.74) is 0. The predicted octanol–water partition coefficient (Wildman–Crippen LogP) is -0.485. The molecule has 4 nitrogen and oxygen atoms in total.